The maximum Gasteiger partial charge on any atom is 0.126 e. The molecule has 0 fully saturated rings. The molecule has 0 spiro atoms. The minimum atomic E-state index is -0.159. The summed E-state index contributed by atoms with van der Waals surface area (Å²) in [7, 11) is 2.07. The zero-order valence-corrected chi connectivity index (χ0v) is 13.1. The highest BCUT2D eigenvalue weighted by Gasteiger charge is 2.20. The summed E-state index contributed by atoms with van der Waals surface area (Å²) >= 11 is 0. The van der Waals surface area contributed by atoms with Gasteiger partial charge in [-0.15, -0.1) is 0 Å². The lowest BCUT2D eigenvalue weighted by Crippen LogP contribution is -2.39. The smallest absolute Gasteiger partial charge is 0.126 e. The zero-order valence-electron chi connectivity index (χ0n) is 13.1. The van der Waals surface area contributed by atoms with Crippen molar-refractivity contribution in [3.8, 4) is 0 Å². The van der Waals surface area contributed by atoms with Crippen molar-refractivity contribution < 1.29 is 4.74 Å². The Hall–Kier alpha value is -1.39. The molecule has 0 saturated heterocycles. The average Bonchev–Trinajstić information content (AvgIpc) is 2.74. The summed E-state index contributed by atoms with van der Waals surface area (Å²) in [5.74, 6) is 1.05. The Kier molecular flexibility index (Phi) is 4.45. The van der Waals surface area contributed by atoms with Gasteiger partial charge in [0.1, 0.15) is 5.82 Å². The van der Waals surface area contributed by atoms with Crippen LogP contribution in [0.15, 0.2) is 24.3 Å². The second kappa shape index (κ2) is 5.94. The molecule has 0 aliphatic heterocycles. The van der Waals surface area contributed by atoms with Crippen molar-refractivity contribution in [2.45, 2.75) is 39.3 Å². The molecule has 0 aliphatic rings. The first kappa shape index (κ1) is 15.0. The molecule has 0 saturated carbocycles. The molecule has 0 aliphatic carbocycles. The number of nitrogens with one attached hydrogen (secondary N) is 1. The van der Waals surface area contributed by atoms with Crippen molar-refractivity contribution in [2.24, 2.45) is 7.05 Å². The molecule has 1 aromatic heterocycles. The standard InChI is InChI=1S/C16H25N3O/c1-6-20-16(3,4)11-17-12(2)15-18-13-9-7-8-10-14(13)19(15)5/h7-10,12,17H,6,11H2,1-5H3. The highest BCUT2D eigenvalue weighted by atomic mass is 16.5. The lowest BCUT2D eigenvalue weighted by atomic mass is 10.1. The van der Waals surface area contributed by atoms with Gasteiger partial charge in [-0.2, -0.15) is 0 Å². The number of benzene rings is 1. The number of ether oxygens (including phenoxy) is 1. The van der Waals surface area contributed by atoms with Crippen LogP contribution in [0.3, 0.4) is 0 Å². The van der Waals surface area contributed by atoms with Crippen LogP contribution in [0, 0.1) is 0 Å². The van der Waals surface area contributed by atoms with Gasteiger partial charge in [0.2, 0.25) is 0 Å². The first-order valence-electron chi connectivity index (χ1n) is 7.23. The highest BCUT2D eigenvalue weighted by molar-refractivity contribution is 5.75. The number of hydrogen-bond acceptors (Lipinski definition) is 3. The largest absolute Gasteiger partial charge is 0.375 e. The molecular formula is C16H25N3O. The second-order valence-corrected chi connectivity index (χ2v) is 5.81. The molecule has 1 unspecified atom stereocenters. The van der Waals surface area contributed by atoms with Gasteiger partial charge >= 0.3 is 0 Å². The third kappa shape index (κ3) is 3.19. The highest BCUT2D eigenvalue weighted by Crippen LogP contribution is 2.19. The minimum absolute atomic E-state index is 0.159. The first-order valence-corrected chi connectivity index (χ1v) is 7.23. The number of aromatic nitrogens is 2. The molecule has 1 N–H and O–H groups in total. The van der Waals surface area contributed by atoms with Crippen molar-refractivity contribution in [1.82, 2.24) is 14.9 Å². The van der Waals surface area contributed by atoms with Crippen LogP contribution in [0.1, 0.15) is 39.6 Å². The number of aryl methyl sites for hydroxylation is 1. The van der Waals surface area contributed by atoms with E-state index in [1.807, 2.05) is 19.1 Å². The van der Waals surface area contributed by atoms with Gasteiger partial charge < -0.3 is 14.6 Å². The van der Waals surface area contributed by atoms with Gasteiger partial charge in [0, 0.05) is 20.2 Å². The lowest BCUT2D eigenvalue weighted by Gasteiger charge is -2.27. The van der Waals surface area contributed by atoms with E-state index in [4.69, 9.17) is 9.72 Å². The average molecular weight is 275 g/mol. The Balaban J connectivity index is 2.11. The summed E-state index contributed by atoms with van der Waals surface area (Å²) in [4.78, 5) is 4.72. The van der Waals surface area contributed by atoms with Crippen LogP contribution in [-0.4, -0.2) is 28.3 Å². The fourth-order valence-electron chi connectivity index (χ4n) is 2.48. The predicted molar refractivity (Wildman–Crippen MR) is 82.8 cm³/mol. The molecule has 110 valence electrons. The van der Waals surface area contributed by atoms with Crippen molar-refractivity contribution in [3.05, 3.63) is 30.1 Å². The fourth-order valence-corrected chi connectivity index (χ4v) is 2.48. The van der Waals surface area contributed by atoms with Crippen LogP contribution in [0.25, 0.3) is 11.0 Å². The fraction of sp³-hybridized carbons (Fsp3) is 0.562. The summed E-state index contributed by atoms with van der Waals surface area (Å²) < 4.78 is 7.87. The summed E-state index contributed by atoms with van der Waals surface area (Å²) in [6, 6.07) is 8.41. The van der Waals surface area contributed by atoms with E-state index in [9.17, 15) is 0 Å². The molecule has 2 rings (SSSR count). The first-order chi connectivity index (χ1) is 9.44. The summed E-state index contributed by atoms with van der Waals surface area (Å²) in [6.07, 6.45) is 0. The quantitative estimate of drug-likeness (QED) is 0.880. The maximum atomic E-state index is 5.72. The van der Waals surface area contributed by atoms with Crippen molar-refractivity contribution in [2.75, 3.05) is 13.2 Å². The van der Waals surface area contributed by atoms with E-state index < -0.39 is 0 Å². The summed E-state index contributed by atoms with van der Waals surface area (Å²) in [5, 5.41) is 3.52. The predicted octanol–water partition coefficient (Wildman–Crippen LogP) is 3.04. The molecule has 4 nitrogen and oxygen atoms in total. The molecule has 20 heavy (non-hydrogen) atoms. The van der Waals surface area contributed by atoms with Crippen LogP contribution < -0.4 is 5.32 Å². The van der Waals surface area contributed by atoms with E-state index in [1.54, 1.807) is 0 Å². The summed E-state index contributed by atoms with van der Waals surface area (Å²) in [6.45, 7) is 9.90. The molecule has 4 heteroatoms. The summed E-state index contributed by atoms with van der Waals surface area (Å²) in [5.41, 5.74) is 2.05. The molecule has 1 atom stereocenters. The van der Waals surface area contributed by atoms with Gasteiger partial charge in [0.15, 0.2) is 0 Å². The molecule has 1 heterocycles. The van der Waals surface area contributed by atoms with E-state index in [1.165, 1.54) is 5.52 Å². The van der Waals surface area contributed by atoms with Crippen molar-refractivity contribution >= 4 is 11.0 Å². The molecule has 0 radical (unpaired) electrons. The van der Waals surface area contributed by atoms with Gasteiger partial charge in [-0.25, -0.2) is 4.98 Å². The number of fused-ring (bicyclic) bond motifs is 1. The van der Waals surface area contributed by atoms with Gasteiger partial charge in [0.05, 0.1) is 22.7 Å². The number of rotatable bonds is 6. The number of hydrogen-bond donors (Lipinski definition) is 1. The third-order valence-electron chi connectivity index (χ3n) is 3.58. The Labute approximate surface area is 121 Å². The number of imidazole rings is 1. The Morgan fingerprint density at radius 1 is 1.35 bits per heavy atom. The van der Waals surface area contributed by atoms with Gasteiger partial charge in [-0.3, -0.25) is 0 Å². The van der Waals surface area contributed by atoms with Crippen LogP contribution >= 0.6 is 0 Å². The Bertz CT molecular complexity index is 574. The van der Waals surface area contributed by atoms with E-state index in [-0.39, 0.29) is 11.6 Å². The molecule has 0 bridgehead atoms. The van der Waals surface area contributed by atoms with Crippen molar-refractivity contribution in [3.63, 3.8) is 0 Å². The molecule has 2 aromatic rings. The Morgan fingerprint density at radius 2 is 2.05 bits per heavy atom. The van der Waals surface area contributed by atoms with E-state index in [2.05, 4.69) is 49.8 Å². The monoisotopic (exact) mass is 275 g/mol. The van der Waals surface area contributed by atoms with E-state index in [0.717, 1.165) is 24.5 Å². The minimum Gasteiger partial charge on any atom is -0.375 e. The normalized spacial score (nSPS) is 13.8. The maximum absolute atomic E-state index is 5.72. The number of para-hydroxylation sites is 2. The van der Waals surface area contributed by atoms with Gasteiger partial charge in [0.25, 0.3) is 0 Å². The second-order valence-electron chi connectivity index (χ2n) is 5.81. The SMILES string of the molecule is CCOC(C)(C)CNC(C)c1nc2ccccc2n1C. The van der Waals surface area contributed by atoms with E-state index in [0.29, 0.717) is 0 Å². The molecule has 1 aromatic carbocycles. The van der Waals surface area contributed by atoms with Crippen LogP contribution in [0.5, 0.6) is 0 Å². The van der Waals surface area contributed by atoms with Gasteiger partial charge in [-0.1, -0.05) is 12.1 Å². The number of nitrogens with zero attached hydrogens (tertiary/aromatic N) is 2. The van der Waals surface area contributed by atoms with Crippen LogP contribution in [-0.2, 0) is 11.8 Å². The Morgan fingerprint density at radius 3 is 2.70 bits per heavy atom. The third-order valence-corrected chi connectivity index (χ3v) is 3.58. The molecule has 0 amide bonds. The van der Waals surface area contributed by atoms with Crippen LogP contribution in [0.4, 0.5) is 0 Å². The topological polar surface area (TPSA) is 39.1 Å². The molecular weight excluding hydrogens is 250 g/mol. The lowest BCUT2D eigenvalue weighted by molar-refractivity contribution is -0.0105. The zero-order chi connectivity index (χ0) is 14.8. The van der Waals surface area contributed by atoms with Crippen LogP contribution in [0.2, 0.25) is 0 Å². The van der Waals surface area contributed by atoms with Gasteiger partial charge in [-0.05, 0) is 39.8 Å². The van der Waals surface area contributed by atoms with E-state index >= 15 is 0 Å². The van der Waals surface area contributed by atoms with Crippen molar-refractivity contribution in [1.29, 1.82) is 0 Å².